The molecule has 0 heterocycles. The van der Waals surface area contributed by atoms with Gasteiger partial charge in [0.1, 0.15) is 0 Å². The molecular weight excluding hydrogens is 230 g/mol. The molecule has 0 radical (unpaired) electrons. The molecule has 19 heavy (non-hydrogen) atoms. The maximum atomic E-state index is 4.23. The van der Waals surface area contributed by atoms with Crippen LogP contribution in [0.5, 0.6) is 0 Å². The molecule has 0 saturated heterocycles. The lowest BCUT2D eigenvalue weighted by atomic mass is 9.98. The summed E-state index contributed by atoms with van der Waals surface area (Å²) < 4.78 is 0. The van der Waals surface area contributed by atoms with Crippen LogP contribution in [0.2, 0.25) is 0 Å². The molecule has 1 heteroatoms. The lowest BCUT2D eigenvalue weighted by molar-refractivity contribution is 0.903. The summed E-state index contributed by atoms with van der Waals surface area (Å²) in [7, 11) is 1.84. The van der Waals surface area contributed by atoms with Crippen LogP contribution in [0, 0.1) is 0 Å². The molecule has 0 aliphatic rings. The summed E-state index contributed by atoms with van der Waals surface area (Å²) in [4.78, 5) is 4.23. The summed E-state index contributed by atoms with van der Waals surface area (Å²) in [6.45, 7) is 10.7. The quantitative estimate of drug-likeness (QED) is 0.413. The summed E-state index contributed by atoms with van der Waals surface area (Å²) in [5.74, 6) is 0. The normalized spacial score (nSPS) is 15.5. The van der Waals surface area contributed by atoms with Crippen molar-refractivity contribution in [3.05, 3.63) is 47.1 Å². The van der Waals surface area contributed by atoms with Crippen LogP contribution >= 0.6 is 0 Å². The van der Waals surface area contributed by atoms with Gasteiger partial charge < -0.3 is 0 Å². The van der Waals surface area contributed by atoms with Gasteiger partial charge in [0.05, 0.1) is 0 Å². The van der Waals surface area contributed by atoms with Gasteiger partial charge in [0.25, 0.3) is 0 Å². The number of rotatable bonds is 7. The maximum Gasteiger partial charge on any atom is 0.0316 e. The van der Waals surface area contributed by atoms with E-state index in [1.165, 1.54) is 23.1 Å². The smallest absolute Gasteiger partial charge is 0.0316 e. The SMILES string of the molecule is C\C=C/C=C(\C=C(/C)CCC)C(=C/C(C)=N\C)/CC. The minimum Gasteiger partial charge on any atom is -0.293 e. The Balaban J connectivity index is 5.46. The van der Waals surface area contributed by atoms with E-state index in [9.17, 15) is 0 Å². The number of allylic oxidation sites excluding steroid dienone is 8. The van der Waals surface area contributed by atoms with Gasteiger partial charge in [-0.1, -0.05) is 50.1 Å². The Bertz CT molecular complexity index is 403. The molecular formula is C18H29N. The van der Waals surface area contributed by atoms with Gasteiger partial charge in [0.15, 0.2) is 0 Å². The van der Waals surface area contributed by atoms with Crippen molar-refractivity contribution in [3.63, 3.8) is 0 Å². The molecule has 0 aromatic heterocycles. The first-order valence-electron chi connectivity index (χ1n) is 7.23. The monoisotopic (exact) mass is 259 g/mol. The summed E-state index contributed by atoms with van der Waals surface area (Å²) >= 11 is 0. The molecule has 0 rings (SSSR count). The summed E-state index contributed by atoms with van der Waals surface area (Å²) in [5.41, 5.74) is 5.15. The highest BCUT2D eigenvalue weighted by Crippen LogP contribution is 2.19. The van der Waals surface area contributed by atoms with E-state index in [1.54, 1.807) is 0 Å². The second-order valence-electron chi connectivity index (χ2n) is 4.78. The van der Waals surface area contributed by atoms with Gasteiger partial charge in [-0.2, -0.15) is 0 Å². The van der Waals surface area contributed by atoms with E-state index in [4.69, 9.17) is 0 Å². The maximum absolute atomic E-state index is 4.23. The summed E-state index contributed by atoms with van der Waals surface area (Å²) in [5, 5.41) is 0. The average Bonchev–Trinajstić information content (AvgIpc) is 2.40. The van der Waals surface area contributed by atoms with Crippen LogP contribution < -0.4 is 0 Å². The van der Waals surface area contributed by atoms with Crippen molar-refractivity contribution >= 4 is 5.71 Å². The number of hydrogen-bond acceptors (Lipinski definition) is 1. The lowest BCUT2D eigenvalue weighted by Gasteiger charge is -2.08. The van der Waals surface area contributed by atoms with Gasteiger partial charge in [-0.3, -0.25) is 4.99 Å². The van der Waals surface area contributed by atoms with Crippen LogP contribution in [0.1, 0.15) is 53.9 Å². The van der Waals surface area contributed by atoms with Crippen molar-refractivity contribution in [3.8, 4) is 0 Å². The molecule has 0 aromatic rings. The van der Waals surface area contributed by atoms with Crippen LogP contribution in [0.4, 0.5) is 0 Å². The predicted molar refractivity (Wildman–Crippen MR) is 89.0 cm³/mol. The van der Waals surface area contributed by atoms with Crippen molar-refractivity contribution < 1.29 is 0 Å². The van der Waals surface area contributed by atoms with Crippen molar-refractivity contribution in [1.82, 2.24) is 0 Å². The summed E-state index contributed by atoms with van der Waals surface area (Å²) in [6.07, 6.45) is 14.2. The molecule has 1 nitrogen and oxygen atoms in total. The van der Waals surface area contributed by atoms with E-state index >= 15 is 0 Å². The molecule has 0 N–H and O–H groups in total. The van der Waals surface area contributed by atoms with Gasteiger partial charge >= 0.3 is 0 Å². The fraction of sp³-hybridized carbons (Fsp3) is 0.500. The molecule has 0 saturated carbocycles. The topological polar surface area (TPSA) is 12.4 Å². The zero-order valence-corrected chi connectivity index (χ0v) is 13.5. The highest BCUT2D eigenvalue weighted by molar-refractivity contribution is 5.94. The fourth-order valence-electron chi connectivity index (χ4n) is 1.89. The van der Waals surface area contributed by atoms with Crippen LogP contribution in [0.25, 0.3) is 0 Å². The molecule has 106 valence electrons. The second kappa shape index (κ2) is 10.5. The number of nitrogens with zero attached hydrogens (tertiary/aromatic N) is 1. The first kappa shape index (κ1) is 17.6. The Labute approximate surface area is 119 Å². The molecule has 0 amide bonds. The van der Waals surface area contributed by atoms with Crippen LogP contribution in [-0.2, 0) is 0 Å². The largest absolute Gasteiger partial charge is 0.293 e. The third-order valence-corrected chi connectivity index (χ3v) is 3.00. The van der Waals surface area contributed by atoms with Gasteiger partial charge in [-0.05, 0) is 50.8 Å². The number of aliphatic imine (C=N–C) groups is 1. The van der Waals surface area contributed by atoms with Crippen LogP contribution in [-0.4, -0.2) is 12.8 Å². The van der Waals surface area contributed by atoms with E-state index < -0.39 is 0 Å². The van der Waals surface area contributed by atoms with Gasteiger partial charge in [-0.25, -0.2) is 0 Å². The lowest BCUT2D eigenvalue weighted by Crippen LogP contribution is -1.93. The van der Waals surface area contributed by atoms with E-state index in [0.717, 1.165) is 18.6 Å². The molecule has 0 atom stereocenters. The zero-order valence-electron chi connectivity index (χ0n) is 13.5. The van der Waals surface area contributed by atoms with Crippen LogP contribution in [0.3, 0.4) is 0 Å². The Kier molecular flexibility index (Phi) is 9.78. The molecule has 0 fully saturated rings. The van der Waals surface area contributed by atoms with Crippen molar-refractivity contribution in [2.45, 2.75) is 53.9 Å². The third-order valence-electron chi connectivity index (χ3n) is 3.00. The van der Waals surface area contributed by atoms with Crippen molar-refractivity contribution in [2.24, 2.45) is 4.99 Å². The van der Waals surface area contributed by atoms with Gasteiger partial charge in [0.2, 0.25) is 0 Å². The summed E-state index contributed by atoms with van der Waals surface area (Å²) in [6, 6.07) is 0. The molecule has 0 bridgehead atoms. The minimum absolute atomic E-state index is 1.02. The Morgan fingerprint density at radius 3 is 2.26 bits per heavy atom. The highest BCUT2D eigenvalue weighted by atomic mass is 14.7. The first-order chi connectivity index (χ1) is 9.08. The number of hydrogen-bond donors (Lipinski definition) is 0. The third kappa shape index (κ3) is 7.61. The molecule has 0 aliphatic carbocycles. The van der Waals surface area contributed by atoms with Crippen LogP contribution in [0.15, 0.2) is 52.1 Å². The second-order valence-corrected chi connectivity index (χ2v) is 4.78. The average molecular weight is 259 g/mol. The predicted octanol–water partition coefficient (Wildman–Crippen LogP) is 5.66. The standard InChI is InChI=1S/C18H29N/c1-7-10-12-18(13-15(4)11-8-2)17(9-3)14-16(5)19-6/h7,10,12-14H,8-9,11H2,1-6H3/b10-7-,15-13+,17-14+,18-12+,19-16-. The van der Waals surface area contributed by atoms with E-state index in [2.05, 4.69) is 56.1 Å². The highest BCUT2D eigenvalue weighted by Gasteiger charge is 2.01. The molecule has 0 aliphatic heterocycles. The van der Waals surface area contributed by atoms with Gasteiger partial charge in [-0.15, -0.1) is 0 Å². The minimum atomic E-state index is 1.02. The van der Waals surface area contributed by atoms with E-state index in [1.807, 2.05) is 20.9 Å². The zero-order chi connectivity index (χ0) is 14.7. The van der Waals surface area contributed by atoms with E-state index in [0.29, 0.717) is 0 Å². The molecule has 0 aromatic carbocycles. The van der Waals surface area contributed by atoms with E-state index in [-0.39, 0.29) is 0 Å². The Hall–Kier alpha value is -1.37. The van der Waals surface area contributed by atoms with Crippen molar-refractivity contribution in [2.75, 3.05) is 7.05 Å². The molecule has 0 unspecified atom stereocenters. The Morgan fingerprint density at radius 1 is 1.11 bits per heavy atom. The molecule has 0 spiro atoms. The Morgan fingerprint density at radius 2 is 1.79 bits per heavy atom. The first-order valence-corrected chi connectivity index (χ1v) is 7.23. The van der Waals surface area contributed by atoms with Gasteiger partial charge in [0, 0.05) is 12.8 Å². The fourth-order valence-corrected chi connectivity index (χ4v) is 1.89. The van der Waals surface area contributed by atoms with Crippen molar-refractivity contribution in [1.29, 1.82) is 0 Å².